The van der Waals surface area contributed by atoms with E-state index in [1.54, 1.807) is 12.0 Å². The highest BCUT2D eigenvalue weighted by Gasteiger charge is 2.29. The number of aromatic nitrogens is 1. The minimum atomic E-state index is -0.00550. The number of pyridine rings is 1. The molecule has 1 fully saturated rings. The van der Waals surface area contributed by atoms with Crippen LogP contribution in [-0.4, -0.2) is 59.9 Å². The molecule has 0 radical (unpaired) electrons. The second kappa shape index (κ2) is 8.03. The van der Waals surface area contributed by atoms with Crippen molar-refractivity contribution in [1.82, 2.24) is 20.1 Å². The molecule has 2 aliphatic rings. The van der Waals surface area contributed by atoms with Gasteiger partial charge in [-0.3, -0.25) is 9.59 Å². The number of methoxy groups -OCH3 is 1. The Labute approximate surface area is 154 Å². The zero-order valence-corrected chi connectivity index (χ0v) is 15.9. The third-order valence-corrected chi connectivity index (χ3v) is 5.39. The third-order valence-electron chi connectivity index (χ3n) is 5.39. The highest BCUT2D eigenvalue weighted by molar-refractivity contribution is 5.98. The largest absolute Gasteiger partial charge is 0.481 e. The van der Waals surface area contributed by atoms with Crippen LogP contribution in [0.3, 0.4) is 0 Å². The summed E-state index contributed by atoms with van der Waals surface area (Å²) < 4.78 is 5.37. The van der Waals surface area contributed by atoms with Gasteiger partial charge in [0.15, 0.2) is 0 Å². The number of ether oxygens (including phenoxy) is 1. The van der Waals surface area contributed by atoms with Gasteiger partial charge in [0.05, 0.1) is 24.9 Å². The molecule has 7 heteroatoms. The maximum atomic E-state index is 12.4. The van der Waals surface area contributed by atoms with Gasteiger partial charge in [0.1, 0.15) is 0 Å². The van der Waals surface area contributed by atoms with Crippen molar-refractivity contribution in [3.8, 4) is 5.88 Å². The summed E-state index contributed by atoms with van der Waals surface area (Å²) in [5, 5.41) is 2.96. The van der Waals surface area contributed by atoms with Crippen LogP contribution in [0, 0.1) is 0 Å². The quantitative estimate of drug-likeness (QED) is 0.833. The second-order valence-electron chi connectivity index (χ2n) is 7.08. The summed E-state index contributed by atoms with van der Waals surface area (Å²) in [7, 11) is 3.64. The lowest BCUT2D eigenvalue weighted by atomic mass is 10.00. The fraction of sp³-hybridized carbons (Fsp3) is 0.632. The first-order valence-corrected chi connectivity index (χ1v) is 9.36. The van der Waals surface area contributed by atoms with Crippen molar-refractivity contribution in [3.05, 3.63) is 22.9 Å². The van der Waals surface area contributed by atoms with E-state index in [-0.39, 0.29) is 11.8 Å². The van der Waals surface area contributed by atoms with Gasteiger partial charge in [-0.15, -0.1) is 0 Å². The molecule has 0 aromatic carbocycles. The molecule has 7 nitrogen and oxygen atoms in total. The number of likely N-dealkylation sites (tertiary alicyclic amines) is 1. The molecule has 0 spiro atoms. The number of nitrogens with zero attached hydrogens (tertiary/aromatic N) is 3. The van der Waals surface area contributed by atoms with Gasteiger partial charge in [0.2, 0.25) is 11.8 Å². The van der Waals surface area contributed by atoms with Crippen LogP contribution in [0.4, 0.5) is 0 Å². The summed E-state index contributed by atoms with van der Waals surface area (Å²) in [6.45, 7) is 4.49. The Bertz CT molecular complexity index is 692. The average Bonchev–Trinajstić information content (AvgIpc) is 2.96. The van der Waals surface area contributed by atoms with E-state index in [1.807, 2.05) is 13.0 Å². The van der Waals surface area contributed by atoms with Crippen LogP contribution in [0.15, 0.2) is 6.07 Å². The van der Waals surface area contributed by atoms with Crippen molar-refractivity contribution in [2.45, 2.75) is 51.7 Å². The van der Waals surface area contributed by atoms with Gasteiger partial charge < -0.3 is 19.9 Å². The van der Waals surface area contributed by atoms with Crippen LogP contribution in [0.25, 0.3) is 0 Å². The lowest BCUT2D eigenvalue weighted by Crippen LogP contribution is -2.40. The first kappa shape index (κ1) is 18.6. The molecule has 1 aromatic heterocycles. The normalized spacial score (nSPS) is 20.2. The number of rotatable bonds is 6. The predicted molar refractivity (Wildman–Crippen MR) is 97.9 cm³/mol. The van der Waals surface area contributed by atoms with Crippen molar-refractivity contribution in [2.75, 3.05) is 27.2 Å². The fourth-order valence-electron chi connectivity index (χ4n) is 3.74. The van der Waals surface area contributed by atoms with Crippen molar-refractivity contribution in [3.63, 3.8) is 0 Å². The van der Waals surface area contributed by atoms with Crippen molar-refractivity contribution < 1.29 is 14.3 Å². The van der Waals surface area contributed by atoms with E-state index in [1.165, 1.54) is 12.8 Å². The van der Waals surface area contributed by atoms with E-state index in [0.717, 1.165) is 24.2 Å². The lowest BCUT2D eigenvalue weighted by molar-refractivity contribution is -0.122. The number of fused-ring (bicyclic) bond motifs is 1. The first-order valence-electron chi connectivity index (χ1n) is 9.36. The Balaban J connectivity index is 1.65. The molecule has 0 bridgehead atoms. The second-order valence-corrected chi connectivity index (χ2v) is 7.08. The predicted octanol–water partition coefficient (Wildman–Crippen LogP) is 1.56. The molecule has 1 saturated heterocycles. The Morgan fingerprint density at radius 1 is 1.42 bits per heavy atom. The molecule has 26 heavy (non-hydrogen) atoms. The molecule has 0 aliphatic carbocycles. The monoisotopic (exact) mass is 360 g/mol. The molecule has 1 N–H and O–H groups in total. The highest BCUT2D eigenvalue weighted by Crippen LogP contribution is 2.27. The van der Waals surface area contributed by atoms with Crippen LogP contribution in [-0.2, 0) is 17.9 Å². The molecule has 0 saturated carbocycles. The molecular formula is C19H28N4O3. The van der Waals surface area contributed by atoms with Gasteiger partial charge in [-0.2, -0.15) is 0 Å². The minimum Gasteiger partial charge on any atom is -0.481 e. The average molecular weight is 360 g/mol. The van der Waals surface area contributed by atoms with Gasteiger partial charge >= 0.3 is 0 Å². The number of nitrogens with one attached hydrogen (secondary N) is 1. The zero-order chi connectivity index (χ0) is 18.7. The lowest BCUT2D eigenvalue weighted by Gasteiger charge is -2.31. The minimum absolute atomic E-state index is 0.00550. The number of carbonyl (C=O) groups excluding carboxylic acids is 2. The number of amides is 2. The maximum absolute atomic E-state index is 12.4. The fourth-order valence-corrected chi connectivity index (χ4v) is 3.74. The van der Waals surface area contributed by atoms with Crippen LogP contribution in [0.5, 0.6) is 5.88 Å². The van der Waals surface area contributed by atoms with Gasteiger partial charge in [-0.25, -0.2) is 4.98 Å². The standard InChI is InChI=1S/C19H28N4O3/c1-4-23-12-16-15(19(23)25)9-13(18(21-16)26-3)11-20-17(24)10-14-7-5-6-8-22(14)2/h9,14H,4-8,10-12H2,1-3H3,(H,20,24). The zero-order valence-electron chi connectivity index (χ0n) is 15.9. The first-order chi connectivity index (χ1) is 12.5. The molecular weight excluding hydrogens is 332 g/mol. The van der Waals surface area contributed by atoms with Crippen LogP contribution < -0.4 is 10.1 Å². The van der Waals surface area contributed by atoms with Crippen molar-refractivity contribution in [1.29, 1.82) is 0 Å². The van der Waals surface area contributed by atoms with Crippen LogP contribution >= 0.6 is 0 Å². The summed E-state index contributed by atoms with van der Waals surface area (Å²) in [5.41, 5.74) is 2.10. The molecule has 1 unspecified atom stereocenters. The van der Waals surface area contributed by atoms with Gasteiger partial charge in [-0.1, -0.05) is 6.42 Å². The Kier molecular flexibility index (Phi) is 5.76. The Morgan fingerprint density at radius 2 is 2.23 bits per heavy atom. The molecule has 1 aromatic rings. The van der Waals surface area contributed by atoms with E-state index < -0.39 is 0 Å². The van der Waals surface area contributed by atoms with Gasteiger partial charge in [0.25, 0.3) is 5.91 Å². The number of hydrogen-bond donors (Lipinski definition) is 1. The summed E-state index contributed by atoms with van der Waals surface area (Å²) in [4.78, 5) is 33.2. The third kappa shape index (κ3) is 3.82. The summed E-state index contributed by atoms with van der Waals surface area (Å²) in [6.07, 6.45) is 3.95. The summed E-state index contributed by atoms with van der Waals surface area (Å²) in [5.74, 6) is 0.492. The van der Waals surface area contributed by atoms with Gasteiger partial charge in [0, 0.05) is 31.1 Å². The van der Waals surface area contributed by atoms with Crippen molar-refractivity contribution >= 4 is 11.8 Å². The highest BCUT2D eigenvalue weighted by atomic mass is 16.5. The van der Waals surface area contributed by atoms with E-state index in [9.17, 15) is 9.59 Å². The van der Waals surface area contributed by atoms with E-state index in [0.29, 0.717) is 43.5 Å². The van der Waals surface area contributed by atoms with Gasteiger partial charge in [-0.05, 0) is 39.4 Å². The SMILES string of the molecule is CCN1Cc2nc(OC)c(CNC(=O)CC3CCCCN3C)cc2C1=O. The number of piperidine rings is 1. The molecule has 3 rings (SSSR count). The van der Waals surface area contributed by atoms with E-state index in [4.69, 9.17) is 4.74 Å². The van der Waals surface area contributed by atoms with Crippen LogP contribution in [0.1, 0.15) is 54.2 Å². The summed E-state index contributed by atoms with van der Waals surface area (Å²) >= 11 is 0. The number of carbonyl (C=O) groups is 2. The smallest absolute Gasteiger partial charge is 0.256 e. The molecule has 2 aliphatic heterocycles. The topological polar surface area (TPSA) is 74.8 Å². The van der Waals surface area contributed by atoms with Crippen molar-refractivity contribution in [2.24, 2.45) is 0 Å². The Morgan fingerprint density at radius 3 is 2.92 bits per heavy atom. The molecule has 142 valence electrons. The summed E-state index contributed by atoms with van der Waals surface area (Å²) in [6, 6.07) is 2.12. The van der Waals surface area contributed by atoms with E-state index >= 15 is 0 Å². The van der Waals surface area contributed by atoms with Crippen LogP contribution in [0.2, 0.25) is 0 Å². The Hall–Kier alpha value is -2.15. The molecule has 3 heterocycles. The maximum Gasteiger partial charge on any atom is 0.256 e. The molecule has 2 amide bonds. The molecule has 1 atom stereocenters. The number of hydrogen-bond acceptors (Lipinski definition) is 5. The van der Waals surface area contributed by atoms with E-state index in [2.05, 4.69) is 22.2 Å².